The molecule has 0 saturated carbocycles. The molecule has 2 N–H and O–H groups in total. The number of hydrogen-bond donors (Lipinski definition) is 2. The lowest BCUT2D eigenvalue weighted by atomic mass is 10.2. The molecule has 102 valence electrons. The van der Waals surface area contributed by atoms with Crippen molar-refractivity contribution in [1.29, 1.82) is 0 Å². The number of rotatable bonds is 3. The van der Waals surface area contributed by atoms with Crippen LogP contribution in [0.4, 0.5) is 9.93 Å². The van der Waals surface area contributed by atoms with E-state index < -0.39 is 22.0 Å². The first-order chi connectivity index (χ1) is 8.83. The van der Waals surface area contributed by atoms with Gasteiger partial charge in [-0.25, -0.2) is 18.2 Å². The molecule has 0 unspecified atom stereocenters. The summed E-state index contributed by atoms with van der Waals surface area (Å²) in [6, 6.07) is 4.87. The first-order valence-electron chi connectivity index (χ1n) is 5.19. The van der Waals surface area contributed by atoms with Crippen molar-refractivity contribution in [3.05, 3.63) is 23.8 Å². The van der Waals surface area contributed by atoms with Crippen LogP contribution >= 0.6 is 11.3 Å². The molecular weight excluding hydrogens is 290 g/mol. The van der Waals surface area contributed by atoms with Gasteiger partial charge >= 0.3 is 6.03 Å². The van der Waals surface area contributed by atoms with Crippen LogP contribution in [0.5, 0.6) is 0 Å². The van der Waals surface area contributed by atoms with E-state index in [1.54, 1.807) is 0 Å². The number of carbonyl (C=O) groups is 1. The third kappa shape index (κ3) is 3.88. The van der Waals surface area contributed by atoms with Crippen molar-refractivity contribution in [2.24, 2.45) is 0 Å². The molecule has 0 bridgehead atoms. The Morgan fingerprint density at radius 3 is 2.89 bits per heavy atom. The number of aryl methyl sites for hydroxylation is 1. The summed E-state index contributed by atoms with van der Waals surface area (Å²) < 4.78 is 32.0. The highest BCUT2D eigenvalue weighted by Crippen LogP contribution is 2.26. The summed E-state index contributed by atoms with van der Waals surface area (Å²) in [6.45, 7) is 1.94. The maximum atomic E-state index is 11.3. The fraction of sp³-hybridized carbons (Fsp3) is 0.200. The minimum absolute atomic E-state index is 0.335. The SMILES string of the molecule is Cc1ccc2nc(NC(=O)NCS(=O)(=O)[O-])sc2c1. The Morgan fingerprint density at radius 2 is 2.21 bits per heavy atom. The second-order valence-corrected chi connectivity index (χ2v) is 6.26. The summed E-state index contributed by atoms with van der Waals surface area (Å²) >= 11 is 1.26. The molecule has 7 nitrogen and oxygen atoms in total. The quantitative estimate of drug-likeness (QED) is 0.828. The van der Waals surface area contributed by atoms with Gasteiger partial charge in [0.25, 0.3) is 0 Å². The second kappa shape index (κ2) is 5.11. The van der Waals surface area contributed by atoms with E-state index in [-0.39, 0.29) is 0 Å². The van der Waals surface area contributed by atoms with Gasteiger partial charge in [0.2, 0.25) is 0 Å². The van der Waals surface area contributed by atoms with Crippen molar-refractivity contribution in [3.63, 3.8) is 0 Å². The summed E-state index contributed by atoms with van der Waals surface area (Å²) in [5.74, 6) is -0.956. The van der Waals surface area contributed by atoms with E-state index in [2.05, 4.69) is 10.3 Å². The van der Waals surface area contributed by atoms with Gasteiger partial charge < -0.3 is 9.87 Å². The first kappa shape index (κ1) is 13.7. The number of nitrogens with one attached hydrogen (secondary N) is 2. The van der Waals surface area contributed by atoms with Crippen LogP contribution in [0.3, 0.4) is 0 Å². The van der Waals surface area contributed by atoms with Gasteiger partial charge in [0.15, 0.2) is 5.13 Å². The number of benzene rings is 1. The molecule has 2 aromatic rings. The summed E-state index contributed by atoms with van der Waals surface area (Å²) in [4.78, 5) is 15.5. The van der Waals surface area contributed by atoms with Crippen molar-refractivity contribution in [2.45, 2.75) is 6.92 Å². The summed E-state index contributed by atoms with van der Waals surface area (Å²) in [5, 5.41) is 4.66. The number of thiazole rings is 1. The zero-order valence-electron chi connectivity index (χ0n) is 9.84. The fourth-order valence-corrected chi connectivity index (χ4v) is 2.65. The van der Waals surface area contributed by atoms with Crippen LogP contribution < -0.4 is 10.6 Å². The van der Waals surface area contributed by atoms with Crippen molar-refractivity contribution in [1.82, 2.24) is 10.3 Å². The number of hydrogen-bond acceptors (Lipinski definition) is 6. The van der Waals surface area contributed by atoms with Crippen LogP contribution in [-0.2, 0) is 10.1 Å². The number of amides is 2. The van der Waals surface area contributed by atoms with Gasteiger partial charge in [-0.3, -0.25) is 5.32 Å². The zero-order chi connectivity index (χ0) is 14.0. The second-order valence-electron chi connectivity index (χ2n) is 3.82. The predicted octanol–water partition coefficient (Wildman–Crippen LogP) is 1.23. The topological polar surface area (TPSA) is 111 Å². The monoisotopic (exact) mass is 300 g/mol. The summed E-state index contributed by atoms with van der Waals surface area (Å²) in [6.07, 6.45) is 0. The van der Waals surface area contributed by atoms with Crippen molar-refractivity contribution >= 4 is 42.8 Å². The smallest absolute Gasteiger partial charge is 0.321 e. The number of carbonyl (C=O) groups excluding carboxylic acids is 1. The molecule has 0 aliphatic heterocycles. The van der Waals surface area contributed by atoms with E-state index in [1.165, 1.54) is 11.3 Å². The first-order valence-corrected chi connectivity index (χ1v) is 7.58. The van der Waals surface area contributed by atoms with E-state index in [0.29, 0.717) is 5.13 Å². The molecule has 0 fully saturated rings. The van der Waals surface area contributed by atoms with Gasteiger partial charge in [-0.2, -0.15) is 0 Å². The Labute approximate surface area is 113 Å². The lowest BCUT2D eigenvalue weighted by Gasteiger charge is -2.08. The van der Waals surface area contributed by atoms with Gasteiger partial charge in [-0.1, -0.05) is 17.4 Å². The van der Waals surface area contributed by atoms with Gasteiger partial charge in [0.1, 0.15) is 16.0 Å². The van der Waals surface area contributed by atoms with Gasteiger partial charge in [0.05, 0.1) is 10.2 Å². The summed E-state index contributed by atoms with van der Waals surface area (Å²) in [5.41, 5.74) is 1.81. The number of fused-ring (bicyclic) bond motifs is 1. The van der Waals surface area contributed by atoms with Crippen LogP contribution in [-0.4, -0.2) is 29.9 Å². The third-order valence-electron chi connectivity index (χ3n) is 2.17. The average molecular weight is 300 g/mol. The molecule has 0 saturated heterocycles. The molecule has 0 spiro atoms. The highest BCUT2D eigenvalue weighted by Gasteiger charge is 2.08. The van der Waals surface area contributed by atoms with Crippen molar-refractivity contribution < 1.29 is 17.8 Å². The molecule has 0 radical (unpaired) electrons. The molecule has 0 aliphatic rings. The van der Waals surface area contributed by atoms with E-state index in [4.69, 9.17) is 0 Å². The molecule has 19 heavy (non-hydrogen) atoms. The number of aromatic nitrogens is 1. The molecule has 2 amide bonds. The Balaban J connectivity index is 2.07. The van der Waals surface area contributed by atoms with Crippen LogP contribution in [0.2, 0.25) is 0 Å². The average Bonchev–Trinajstić information content (AvgIpc) is 2.66. The standard InChI is InChI=1S/C10H11N3O4S2/c1-6-2-3-7-8(4-6)18-10(12-7)13-9(14)11-5-19(15,16)17/h2-4H,5H2,1H3,(H,15,16,17)(H2,11,12,13,14)/p-1. The lowest BCUT2D eigenvalue weighted by Crippen LogP contribution is -2.33. The fourth-order valence-electron chi connectivity index (χ4n) is 1.38. The van der Waals surface area contributed by atoms with Crippen LogP contribution in [0, 0.1) is 6.92 Å². The third-order valence-corrected chi connectivity index (χ3v) is 3.61. The maximum absolute atomic E-state index is 11.3. The molecule has 1 aromatic carbocycles. The zero-order valence-corrected chi connectivity index (χ0v) is 11.5. The minimum atomic E-state index is -4.48. The van der Waals surface area contributed by atoms with Crippen molar-refractivity contribution in [3.8, 4) is 0 Å². The Kier molecular flexibility index (Phi) is 3.69. The Bertz CT molecular complexity index is 723. The highest BCUT2D eigenvalue weighted by atomic mass is 32.2. The number of nitrogens with zero attached hydrogens (tertiary/aromatic N) is 1. The van der Waals surface area contributed by atoms with Crippen molar-refractivity contribution in [2.75, 3.05) is 11.2 Å². The van der Waals surface area contributed by atoms with Gasteiger partial charge in [-0.15, -0.1) is 0 Å². The van der Waals surface area contributed by atoms with Crippen LogP contribution in [0.25, 0.3) is 10.2 Å². The van der Waals surface area contributed by atoms with E-state index in [1.807, 2.05) is 30.4 Å². The highest BCUT2D eigenvalue weighted by molar-refractivity contribution is 7.85. The molecule has 9 heteroatoms. The minimum Gasteiger partial charge on any atom is -0.747 e. The van der Waals surface area contributed by atoms with E-state index >= 15 is 0 Å². The molecular formula is C10H10N3O4S2-. The predicted molar refractivity (Wildman–Crippen MR) is 71.1 cm³/mol. The van der Waals surface area contributed by atoms with Crippen LogP contribution in [0.1, 0.15) is 5.56 Å². The molecule has 0 atom stereocenters. The molecule has 0 aliphatic carbocycles. The number of urea groups is 1. The van der Waals surface area contributed by atoms with E-state index in [9.17, 15) is 17.8 Å². The molecule has 2 rings (SSSR count). The molecule has 1 aromatic heterocycles. The Morgan fingerprint density at radius 1 is 1.47 bits per heavy atom. The summed E-state index contributed by atoms with van der Waals surface area (Å²) in [7, 11) is -4.48. The molecule has 1 heterocycles. The van der Waals surface area contributed by atoms with Gasteiger partial charge in [0, 0.05) is 0 Å². The maximum Gasteiger partial charge on any atom is 0.321 e. The normalized spacial score (nSPS) is 11.5. The lowest BCUT2D eigenvalue weighted by molar-refractivity contribution is 0.253. The van der Waals surface area contributed by atoms with E-state index in [0.717, 1.165) is 15.8 Å². The van der Waals surface area contributed by atoms with Crippen LogP contribution in [0.15, 0.2) is 18.2 Å². The Hall–Kier alpha value is -1.71. The largest absolute Gasteiger partial charge is 0.747 e. The number of anilines is 1. The van der Waals surface area contributed by atoms with Gasteiger partial charge in [-0.05, 0) is 24.6 Å².